The van der Waals surface area contributed by atoms with Crippen molar-refractivity contribution < 1.29 is 30.5 Å². The molecule has 0 bridgehead atoms. The Bertz CT molecular complexity index is 494. The van der Waals surface area contributed by atoms with Crippen molar-refractivity contribution in [2.24, 2.45) is 4.99 Å². The molecule has 21 heavy (non-hydrogen) atoms. The first-order chi connectivity index (χ1) is 9.18. The van der Waals surface area contributed by atoms with E-state index in [1.54, 1.807) is 21.1 Å². The molecule has 3 nitrogen and oxygen atoms in total. The Morgan fingerprint density at radius 1 is 0.857 bits per heavy atom. The van der Waals surface area contributed by atoms with Gasteiger partial charge in [-0.1, -0.05) is 0 Å². The van der Waals surface area contributed by atoms with Crippen molar-refractivity contribution in [3.05, 3.63) is 21.4 Å². The number of ether oxygens (including phenoxy) is 2. The summed E-state index contributed by atoms with van der Waals surface area (Å²) >= 11 is 1.62. The van der Waals surface area contributed by atoms with Crippen molar-refractivity contribution in [1.29, 1.82) is 0 Å². The van der Waals surface area contributed by atoms with Crippen molar-refractivity contribution in [3.8, 4) is 0 Å². The summed E-state index contributed by atoms with van der Waals surface area (Å²) < 4.78 is 13.3. The zero-order valence-electron chi connectivity index (χ0n) is 14.8. The Morgan fingerprint density at radius 2 is 1.33 bits per heavy atom. The molecule has 118 valence electrons. The number of aliphatic imine (C=N–C) groups is 1. The molecule has 0 saturated heterocycles. The van der Waals surface area contributed by atoms with E-state index in [2.05, 4.69) is 20.8 Å². The fourth-order valence-corrected chi connectivity index (χ4v) is 2.41. The number of hydrogen-bond donors (Lipinski definition) is 0. The fraction of sp³-hybridized carbons (Fsp3) is 0.706. The Kier molecular flexibility index (Phi) is 5.24. The minimum absolute atomic E-state index is 0.120. The second-order valence-corrected chi connectivity index (χ2v) is 9.38. The molecular formula is C17H28NNbO2. The summed E-state index contributed by atoms with van der Waals surface area (Å²) in [5.74, 6) is 1.62. The molecule has 0 N–H and O–H groups in total. The molecule has 0 aliphatic heterocycles. The summed E-state index contributed by atoms with van der Waals surface area (Å²) in [6.07, 6.45) is 2.01. The number of allylic oxidation sites excluding steroid dienone is 2. The zero-order valence-corrected chi connectivity index (χ0v) is 17.0. The second kappa shape index (κ2) is 5.94. The molecule has 0 spiro atoms. The predicted octanol–water partition coefficient (Wildman–Crippen LogP) is 4.51. The van der Waals surface area contributed by atoms with Crippen LogP contribution in [0, 0.1) is 0 Å². The van der Waals surface area contributed by atoms with Crippen LogP contribution in [0.3, 0.4) is 0 Å². The van der Waals surface area contributed by atoms with E-state index in [0.717, 1.165) is 21.0 Å². The van der Waals surface area contributed by atoms with Crippen molar-refractivity contribution in [1.82, 2.24) is 0 Å². The van der Waals surface area contributed by atoms with Crippen LogP contribution in [0.5, 0.6) is 0 Å². The van der Waals surface area contributed by atoms with E-state index in [4.69, 9.17) is 14.5 Å². The van der Waals surface area contributed by atoms with E-state index in [0.29, 0.717) is 0 Å². The molecule has 0 heterocycles. The van der Waals surface area contributed by atoms with Gasteiger partial charge in [-0.15, -0.1) is 0 Å². The molecule has 1 rings (SSSR count). The Balaban J connectivity index is 3.25. The SMILES string of the molecule is CC(C)(C)N=C1C=C(OC(C)(C)C)C(OC(C)(C)C)=[C]1[Nb]. The van der Waals surface area contributed by atoms with Crippen LogP contribution in [-0.4, -0.2) is 22.5 Å². The van der Waals surface area contributed by atoms with Gasteiger partial charge in [0.2, 0.25) is 0 Å². The average molecular weight is 371 g/mol. The van der Waals surface area contributed by atoms with E-state index in [9.17, 15) is 0 Å². The molecule has 0 radical (unpaired) electrons. The van der Waals surface area contributed by atoms with Crippen LogP contribution >= 0.6 is 0 Å². The summed E-state index contributed by atoms with van der Waals surface area (Å²) in [6, 6.07) is 0. The van der Waals surface area contributed by atoms with Crippen LogP contribution in [0.1, 0.15) is 62.3 Å². The summed E-state index contributed by atoms with van der Waals surface area (Å²) in [5.41, 5.74) is 0.323. The van der Waals surface area contributed by atoms with Crippen molar-refractivity contribution >= 4 is 5.71 Å². The quantitative estimate of drug-likeness (QED) is 0.669. The van der Waals surface area contributed by atoms with Gasteiger partial charge in [-0.3, -0.25) is 0 Å². The normalized spacial score (nSPS) is 19.1. The molecule has 0 unspecified atom stereocenters. The van der Waals surface area contributed by atoms with Gasteiger partial charge in [0, 0.05) is 0 Å². The van der Waals surface area contributed by atoms with Crippen LogP contribution in [-0.2, 0) is 30.5 Å². The Morgan fingerprint density at radius 3 is 1.71 bits per heavy atom. The summed E-state index contributed by atoms with van der Waals surface area (Å²) in [5, 5.41) is 0. The van der Waals surface area contributed by atoms with Crippen molar-refractivity contribution in [3.63, 3.8) is 0 Å². The number of rotatable bonds is 2. The van der Waals surface area contributed by atoms with Crippen LogP contribution in [0.15, 0.2) is 26.4 Å². The second-order valence-electron chi connectivity index (χ2n) is 8.28. The molecule has 0 amide bonds. The van der Waals surface area contributed by atoms with Gasteiger partial charge in [-0.05, 0) is 0 Å². The van der Waals surface area contributed by atoms with E-state index < -0.39 is 0 Å². The molecule has 0 aromatic heterocycles. The van der Waals surface area contributed by atoms with Crippen LogP contribution < -0.4 is 0 Å². The van der Waals surface area contributed by atoms with Gasteiger partial charge in [-0.2, -0.15) is 0 Å². The van der Waals surface area contributed by atoms with Crippen molar-refractivity contribution in [2.75, 3.05) is 0 Å². The summed E-state index contributed by atoms with van der Waals surface area (Å²) in [6.45, 7) is 18.6. The van der Waals surface area contributed by atoms with Crippen LogP contribution in [0.25, 0.3) is 0 Å². The molecule has 0 aromatic carbocycles. The molecule has 1 aliphatic carbocycles. The average Bonchev–Trinajstić information content (AvgIpc) is 2.39. The van der Waals surface area contributed by atoms with Gasteiger partial charge in [0.1, 0.15) is 0 Å². The van der Waals surface area contributed by atoms with E-state index in [1.165, 1.54) is 0 Å². The third-order valence-corrected chi connectivity index (χ3v) is 3.29. The first-order valence-corrected chi connectivity index (χ1v) is 8.41. The Hall–Kier alpha value is -0.510. The standard InChI is InChI=1S/C17H28NO2.Nb/c1-15(2,3)18-12-10-13(19-16(4,5)6)14(11-12)20-17(7,8)9;/h10H,1-9H3;. The molecule has 4 heteroatoms. The maximum atomic E-state index is 6.13. The van der Waals surface area contributed by atoms with Gasteiger partial charge < -0.3 is 0 Å². The van der Waals surface area contributed by atoms with Gasteiger partial charge in [0.05, 0.1) is 0 Å². The van der Waals surface area contributed by atoms with Gasteiger partial charge >= 0.3 is 142 Å². The zero-order chi connectivity index (χ0) is 16.6. The molecular weight excluding hydrogens is 343 g/mol. The monoisotopic (exact) mass is 371 g/mol. The van der Waals surface area contributed by atoms with Gasteiger partial charge in [0.15, 0.2) is 0 Å². The first-order valence-electron chi connectivity index (χ1n) is 7.31. The van der Waals surface area contributed by atoms with E-state index in [1.807, 2.05) is 47.6 Å². The maximum absolute atomic E-state index is 6.13. The topological polar surface area (TPSA) is 30.8 Å². The molecule has 1 aliphatic rings. The van der Waals surface area contributed by atoms with E-state index >= 15 is 0 Å². The molecule has 0 atom stereocenters. The van der Waals surface area contributed by atoms with E-state index in [-0.39, 0.29) is 16.7 Å². The molecule has 0 aromatic rings. The summed E-state index contributed by atoms with van der Waals surface area (Å²) in [4.78, 5) is 4.78. The Labute approximate surface area is 141 Å². The third-order valence-electron chi connectivity index (χ3n) is 2.23. The summed E-state index contributed by atoms with van der Waals surface area (Å²) in [7, 11) is 0. The fourth-order valence-electron chi connectivity index (χ4n) is 1.75. The third kappa shape index (κ3) is 6.41. The predicted molar refractivity (Wildman–Crippen MR) is 84.0 cm³/mol. The van der Waals surface area contributed by atoms with Crippen LogP contribution in [0.2, 0.25) is 0 Å². The van der Waals surface area contributed by atoms with Gasteiger partial charge in [0.25, 0.3) is 0 Å². The van der Waals surface area contributed by atoms with Gasteiger partial charge in [-0.25, -0.2) is 0 Å². The van der Waals surface area contributed by atoms with Crippen molar-refractivity contribution in [2.45, 2.75) is 79.1 Å². The number of hydrogen-bond acceptors (Lipinski definition) is 3. The van der Waals surface area contributed by atoms with Crippen LogP contribution in [0.4, 0.5) is 0 Å². The minimum atomic E-state index is -0.263. The number of nitrogens with zero attached hydrogens (tertiary/aromatic N) is 1. The first kappa shape index (κ1) is 18.5. The molecule has 0 fully saturated rings. The molecule has 0 saturated carbocycles.